The van der Waals surface area contributed by atoms with Crippen LogP contribution in [0.4, 0.5) is 0 Å². The van der Waals surface area contributed by atoms with Crippen LogP contribution in [0.15, 0.2) is 0 Å². The smallest absolute Gasteiger partial charge is 0.0453 e. The molecule has 0 radical (unpaired) electrons. The van der Waals surface area contributed by atoms with E-state index in [-0.39, 0.29) is 5.54 Å². The molecule has 0 saturated carbocycles. The summed E-state index contributed by atoms with van der Waals surface area (Å²) in [5.41, 5.74) is -0.0721. The van der Waals surface area contributed by atoms with E-state index in [0.29, 0.717) is 17.8 Å². The van der Waals surface area contributed by atoms with Crippen LogP contribution >= 0.6 is 23.2 Å². The molecular formula is C8H17Cl2N. The van der Waals surface area contributed by atoms with Crippen LogP contribution in [-0.2, 0) is 0 Å². The number of nitrogens with one attached hydrogen (secondary N) is 1. The molecule has 0 aliphatic rings. The average Bonchev–Trinajstić information content (AvgIpc) is 2.00. The molecule has 0 heterocycles. The summed E-state index contributed by atoms with van der Waals surface area (Å²) in [6, 6.07) is 0.437. The normalized spacial score (nSPS) is 12.5. The fourth-order valence-corrected chi connectivity index (χ4v) is 1.83. The molecule has 0 aromatic heterocycles. The predicted octanol–water partition coefficient (Wildman–Crippen LogP) is 2.61. The first-order chi connectivity index (χ1) is 5.10. The second-order valence-electron chi connectivity index (χ2n) is 3.20. The largest absolute Gasteiger partial charge is 0.307 e. The zero-order chi connectivity index (χ0) is 8.91. The first-order valence-corrected chi connectivity index (χ1v) is 5.06. The Labute approximate surface area is 79.5 Å². The zero-order valence-corrected chi connectivity index (χ0v) is 8.97. The summed E-state index contributed by atoms with van der Waals surface area (Å²) in [6.45, 7) is 6.30. The summed E-state index contributed by atoms with van der Waals surface area (Å²) in [5.74, 6) is 1.15. The Morgan fingerprint density at radius 1 is 1.27 bits per heavy atom. The highest BCUT2D eigenvalue weighted by Crippen LogP contribution is 2.15. The summed E-state index contributed by atoms with van der Waals surface area (Å²) in [5, 5.41) is 3.38. The van der Waals surface area contributed by atoms with Gasteiger partial charge in [-0.05, 0) is 6.42 Å². The van der Waals surface area contributed by atoms with Crippen LogP contribution in [0.5, 0.6) is 0 Å². The highest BCUT2D eigenvalue weighted by Gasteiger charge is 2.26. The molecule has 1 nitrogen and oxygen atoms in total. The van der Waals surface area contributed by atoms with Crippen molar-refractivity contribution in [3.8, 4) is 0 Å². The lowest BCUT2D eigenvalue weighted by molar-refractivity contribution is 0.354. The SMILES string of the molecule is CCC(CCl)(CCl)NC(C)C. The molecule has 1 N–H and O–H groups in total. The van der Waals surface area contributed by atoms with Gasteiger partial charge in [0.1, 0.15) is 0 Å². The topological polar surface area (TPSA) is 12.0 Å². The number of alkyl halides is 2. The van der Waals surface area contributed by atoms with E-state index in [1.54, 1.807) is 0 Å². The molecular weight excluding hydrogens is 181 g/mol. The van der Waals surface area contributed by atoms with Gasteiger partial charge >= 0.3 is 0 Å². The molecule has 3 heteroatoms. The van der Waals surface area contributed by atoms with Crippen molar-refractivity contribution in [2.75, 3.05) is 11.8 Å². The second-order valence-corrected chi connectivity index (χ2v) is 3.73. The summed E-state index contributed by atoms with van der Waals surface area (Å²) in [7, 11) is 0. The standard InChI is InChI=1S/C8H17Cl2N/c1-4-8(5-9,6-10)11-7(2)3/h7,11H,4-6H2,1-3H3. The second kappa shape index (κ2) is 5.23. The lowest BCUT2D eigenvalue weighted by Gasteiger charge is -2.31. The fraction of sp³-hybridized carbons (Fsp3) is 1.00. The van der Waals surface area contributed by atoms with Crippen LogP contribution in [0, 0.1) is 0 Å². The lowest BCUT2D eigenvalue weighted by Crippen LogP contribution is -2.51. The summed E-state index contributed by atoms with van der Waals surface area (Å²) in [4.78, 5) is 0. The number of hydrogen-bond donors (Lipinski definition) is 1. The van der Waals surface area contributed by atoms with Crippen LogP contribution in [-0.4, -0.2) is 23.3 Å². The summed E-state index contributed by atoms with van der Waals surface area (Å²) >= 11 is 11.6. The van der Waals surface area contributed by atoms with Crippen molar-refractivity contribution in [2.45, 2.75) is 38.8 Å². The third-order valence-electron chi connectivity index (χ3n) is 1.78. The van der Waals surface area contributed by atoms with Gasteiger partial charge < -0.3 is 5.32 Å². The van der Waals surface area contributed by atoms with Gasteiger partial charge in [-0.1, -0.05) is 20.8 Å². The molecule has 0 aromatic rings. The van der Waals surface area contributed by atoms with Crippen molar-refractivity contribution in [1.29, 1.82) is 0 Å². The minimum Gasteiger partial charge on any atom is -0.307 e. The minimum atomic E-state index is -0.0721. The van der Waals surface area contributed by atoms with Crippen molar-refractivity contribution in [3.05, 3.63) is 0 Å². The molecule has 0 unspecified atom stereocenters. The number of rotatable bonds is 5. The van der Waals surface area contributed by atoms with Crippen molar-refractivity contribution in [2.24, 2.45) is 0 Å². The van der Waals surface area contributed by atoms with Gasteiger partial charge in [0.25, 0.3) is 0 Å². The van der Waals surface area contributed by atoms with Crippen LogP contribution in [0.25, 0.3) is 0 Å². The van der Waals surface area contributed by atoms with Gasteiger partial charge in [-0.2, -0.15) is 0 Å². The molecule has 0 rings (SSSR count). The number of hydrogen-bond acceptors (Lipinski definition) is 1. The lowest BCUT2D eigenvalue weighted by atomic mass is 10.0. The van der Waals surface area contributed by atoms with Crippen LogP contribution < -0.4 is 5.32 Å². The maximum Gasteiger partial charge on any atom is 0.0453 e. The van der Waals surface area contributed by atoms with Gasteiger partial charge in [-0.3, -0.25) is 0 Å². The van der Waals surface area contributed by atoms with E-state index in [4.69, 9.17) is 23.2 Å². The molecule has 0 aliphatic carbocycles. The van der Waals surface area contributed by atoms with Crippen LogP contribution in [0.2, 0.25) is 0 Å². The zero-order valence-electron chi connectivity index (χ0n) is 7.45. The predicted molar refractivity (Wildman–Crippen MR) is 52.7 cm³/mol. The monoisotopic (exact) mass is 197 g/mol. The van der Waals surface area contributed by atoms with Gasteiger partial charge in [-0.25, -0.2) is 0 Å². The summed E-state index contributed by atoms with van der Waals surface area (Å²) < 4.78 is 0. The van der Waals surface area contributed by atoms with Gasteiger partial charge in [0.05, 0.1) is 0 Å². The maximum absolute atomic E-state index is 5.82. The van der Waals surface area contributed by atoms with E-state index in [0.717, 1.165) is 6.42 Å². The van der Waals surface area contributed by atoms with E-state index in [9.17, 15) is 0 Å². The third kappa shape index (κ3) is 3.64. The highest BCUT2D eigenvalue weighted by molar-refractivity contribution is 6.22. The van der Waals surface area contributed by atoms with Gasteiger partial charge in [0.15, 0.2) is 0 Å². The molecule has 0 aliphatic heterocycles. The Morgan fingerprint density at radius 2 is 1.73 bits per heavy atom. The van der Waals surface area contributed by atoms with E-state index in [2.05, 4.69) is 26.1 Å². The summed E-state index contributed by atoms with van der Waals surface area (Å²) in [6.07, 6.45) is 0.970. The van der Waals surface area contributed by atoms with Crippen molar-refractivity contribution in [1.82, 2.24) is 5.32 Å². The van der Waals surface area contributed by atoms with E-state index >= 15 is 0 Å². The first kappa shape index (κ1) is 11.5. The molecule has 0 fully saturated rings. The van der Waals surface area contributed by atoms with E-state index in [1.807, 2.05) is 0 Å². The highest BCUT2D eigenvalue weighted by atomic mass is 35.5. The fourth-order valence-electron chi connectivity index (χ4n) is 1.02. The minimum absolute atomic E-state index is 0.0721. The molecule has 0 saturated heterocycles. The van der Waals surface area contributed by atoms with Crippen LogP contribution in [0.3, 0.4) is 0 Å². The molecule has 0 amide bonds. The molecule has 0 atom stereocenters. The van der Waals surface area contributed by atoms with Gasteiger partial charge in [-0.15, -0.1) is 23.2 Å². The number of halogens is 2. The average molecular weight is 198 g/mol. The Kier molecular flexibility index (Phi) is 5.49. The van der Waals surface area contributed by atoms with Gasteiger partial charge in [0, 0.05) is 23.3 Å². The van der Waals surface area contributed by atoms with Crippen molar-refractivity contribution >= 4 is 23.2 Å². The molecule has 0 aromatic carbocycles. The van der Waals surface area contributed by atoms with Crippen molar-refractivity contribution in [3.63, 3.8) is 0 Å². The van der Waals surface area contributed by atoms with E-state index < -0.39 is 0 Å². The molecule has 11 heavy (non-hydrogen) atoms. The third-order valence-corrected chi connectivity index (χ3v) is 2.81. The van der Waals surface area contributed by atoms with Crippen molar-refractivity contribution < 1.29 is 0 Å². The van der Waals surface area contributed by atoms with E-state index in [1.165, 1.54) is 0 Å². The molecule has 0 spiro atoms. The first-order valence-electron chi connectivity index (χ1n) is 4.00. The Hall–Kier alpha value is 0.540. The van der Waals surface area contributed by atoms with Crippen LogP contribution in [0.1, 0.15) is 27.2 Å². The maximum atomic E-state index is 5.82. The Bertz CT molecular complexity index is 92.0. The Morgan fingerprint density at radius 3 is 1.82 bits per heavy atom. The molecule has 68 valence electrons. The molecule has 0 bridgehead atoms. The Balaban J connectivity index is 4.05. The quantitative estimate of drug-likeness (QED) is 0.669. The van der Waals surface area contributed by atoms with Gasteiger partial charge in [0.2, 0.25) is 0 Å².